The summed E-state index contributed by atoms with van der Waals surface area (Å²) in [7, 11) is 0. The van der Waals surface area contributed by atoms with Crippen LogP contribution in [0.25, 0.3) is 0 Å². The quantitative estimate of drug-likeness (QED) is 0.873. The van der Waals surface area contributed by atoms with Gasteiger partial charge in [0.15, 0.2) is 0 Å². The van der Waals surface area contributed by atoms with E-state index in [1.165, 1.54) is 29.0 Å². The molecule has 0 saturated carbocycles. The van der Waals surface area contributed by atoms with Gasteiger partial charge in [-0.1, -0.05) is 18.2 Å². The average molecular weight is 304 g/mol. The van der Waals surface area contributed by atoms with Crippen molar-refractivity contribution in [2.24, 2.45) is 0 Å². The number of hydrogen-bond acceptors (Lipinski definition) is 3. The van der Waals surface area contributed by atoms with Crippen LogP contribution in [0.5, 0.6) is 0 Å². The van der Waals surface area contributed by atoms with Crippen molar-refractivity contribution in [3.05, 3.63) is 59.1 Å². The molecule has 0 bridgehead atoms. The summed E-state index contributed by atoms with van der Waals surface area (Å²) in [5.74, 6) is 0.415. The zero-order chi connectivity index (χ0) is 15.9. The Labute approximate surface area is 124 Å². The van der Waals surface area contributed by atoms with E-state index in [2.05, 4.69) is 10.3 Å². The first-order valence-electron chi connectivity index (χ1n) is 6.50. The van der Waals surface area contributed by atoms with Crippen molar-refractivity contribution in [1.29, 1.82) is 5.26 Å². The van der Waals surface area contributed by atoms with E-state index in [4.69, 9.17) is 0 Å². The molecule has 1 aliphatic rings. The van der Waals surface area contributed by atoms with Crippen LogP contribution in [0.15, 0.2) is 47.9 Å². The topological polar surface area (TPSA) is 53.6 Å². The zero-order valence-corrected chi connectivity index (χ0v) is 11.5. The third-order valence-electron chi connectivity index (χ3n) is 3.60. The molecule has 4 nitrogen and oxygen atoms in total. The molecule has 1 atom stereocenters. The molecule has 1 aliphatic heterocycles. The van der Waals surface area contributed by atoms with Gasteiger partial charge in [-0.05, 0) is 18.6 Å². The van der Waals surface area contributed by atoms with E-state index < -0.39 is 17.8 Å². The predicted octanol–water partition coefficient (Wildman–Crippen LogP) is 3.71. The number of nitrogens with zero attached hydrogens (tertiary/aromatic N) is 3. The van der Waals surface area contributed by atoms with E-state index in [1.807, 2.05) is 6.07 Å². The van der Waals surface area contributed by atoms with E-state index in [-0.39, 0.29) is 11.1 Å². The van der Waals surface area contributed by atoms with Gasteiger partial charge in [-0.2, -0.15) is 18.4 Å². The van der Waals surface area contributed by atoms with Gasteiger partial charge < -0.3 is 9.88 Å². The Hall–Kier alpha value is -2.75. The maximum atomic E-state index is 13.3. The number of fused-ring (bicyclic) bond motifs is 1. The van der Waals surface area contributed by atoms with Gasteiger partial charge in [0.05, 0.1) is 23.2 Å². The first-order valence-corrected chi connectivity index (χ1v) is 6.50. The van der Waals surface area contributed by atoms with Gasteiger partial charge in [0, 0.05) is 18.1 Å². The highest BCUT2D eigenvalue weighted by Crippen LogP contribution is 2.41. The summed E-state index contributed by atoms with van der Waals surface area (Å²) in [4.78, 5) is 4.07. The maximum absolute atomic E-state index is 13.3. The van der Waals surface area contributed by atoms with Crippen molar-refractivity contribution in [3.63, 3.8) is 0 Å². The van der Waals surface area contributed by atoms with Gasteiger partial charge in [0.2, 0.25) is 5.95 Å². The molecule has 0 fully saturated rings. The number of rotatable bonds is 1. The van der Waals surface area contributed by atoms with Gasteiger partial charge >= 0.3 is 6.18 Å². The highest BCUT2D eigenvalue weighted by molar-refractivity contribution is 5.53. The summed E-state index contributed by atoms with van der Waals surface area (Å²) >= 11 is 0. The summed E-state index contributed by atoms with van der Waals surface area (Å²) in [6.07, 6.45) is -1.44. The molecule has 3 rings (SSSR count). The van der Waals surface area contributed by atoms with Crippen LogP contribution in [0.2, 0.25) is 0 Å². The molecular weight excluding hydrogens is 293 g/mol. The molecule has 22 heavy (non-hydrogen) atoms. The van der Waals surface area contributed by atoms with Crippen molar-refractivity contribution in [3.8, 4) is 6.07 Å². The molecule has 2 aromatic rings. The van der Waals surface area contributed by atoms with Crippen LogP contribution in [0.3, 0.4) is 0 Å². The third-order valence-corrected chi connectivity index (χ3v) is 3.60. The second-order valence-electron chi connectivity index (χ2n) is 4.92. The van der Waals surface area contributed by atoms with Crippen LogP contribution in [0.1, 0.15) is 24.1 Å². The number of imidazole rings is 1. The molecular formula is C15H11F3N4. The number of anilines is 1. The molecule has 0 amide bonds. The summed E-state index contributed by atoms with van der Waals surface area (Å²) in [5.41, 5.74) is 0.0270. The lowest BCUT2D eigenvalue weighted by Crippen LogP contribution is -2.25. The Kier molecular flexibility index (Phi) is 3.17. The monoisotopic (exact) mass is 304 g/mol. The molecule has 112 valence electrons. The molecule has 1 N–H and O–H groups in total. The molecule has 0 spiro atoms. The third kappa shape index (κ3) is 2.13. The Morgan fingerprint density at radius 1 is 1.32 bits per heavy atom. The van der Waals surface area contributed by atoms with Crippen LogP contribution in [0.4, 0.5) is 19.1 Å². The van der Waals surface area contributed by atoms with Gasteiger partial charge in [-0.15, -0.1) is 0 Å². The van der Waals surface area contributed by atoms with Crippen molar-refractivity contribution >= 4 is 5.95 Å². The highest BCUT2D eigenvalue weighted by Gasteiger charge is 2.38. The fraction of sp³-hybridized carbons (Fsp3) is 0.200. The lowest BCUT2D eigenvalue weighted by molar-refractivity contribution is -0.138. The molecule has 1 aromatic carbocycles. The number of nitriles is 1. The Bertz CT molecular complexity index is 796. The van der Waals surface area contributed by atoms with E-state index in [1.54, 1.807) is 13.1 Å². The van der Waals surface area contributed by atoms with E-state index in [9.17, 15) is 18.4 Å². The van der Waals surface area contributed by atoms with E-state index in [0.717, 1.165) is 6.07 Å². The minimum Gasteiger partial charge on any atom is -0.328 e. The van der Waals surface area contributed by atoms with Crippen molar-refractivity contribution in [1.82, 2.24) is 9.55 Å². The van der Waals surface area contributed by atoms with Gasteiger partial charge in [-0.25, -0.2) is 4.98 Å². The smallest absolute Gasteiger partial charge is 0.328 e. The van der Waals surface area contributed by atoms with Gasteiger partial charge in [-0.3, -0.25) is 0 Å². The molecule has 1 unspecified atom stereocenters. The largest absolute Gasteiger partial charge is 0.416 e. The lowest BCUT2D eigenvalue weighted by Gasteiger charge is -2.29. The van der Waals surface area contributed by atoms with Gasteiger partial charge in [0.1, 0.15) is 0 Å². The number of nitrogens with one attached hydrogen (secondary N) is 1. The van der Waals surface area contributed by atoms with Crippen LogP contribution in [-0.2, 0) is 6.18 Å². The average Bonchev–Trinajstić information content (AvgIpc) is 2.92. The number of allylic oxidation sites excluding steroid dienone is 2. The predicted molar refractivity (Wildman–Crippen MR) is 73.7 cm³/mol. The van der Waals surface area contributed by atoms with Crippen LogP contribution in [0, 0.1) is 11.3 Å². The Morgan fingerprint density at radius 2 is 2.05 bits per heavy atom. The van der Waals surface area contributed by atoms with E-state index in [0.29, 0.717) is 11.6 Å². The SMILES string of the molecule is CC1=C(C#N)C(c2ccccc2C(F)(F)F)n2ccnc2N1. The van der Waals surface area contributed by atoms with Crippen molar-refractivity contribution < 1.29 is 13.2 Å². The lowest BCUT2D eigenvalue weighted by atomic mass is 9.92. The van der Waals surface area contributed by atoms with Crippen LogP contribution in [-0.4, -0.2) is 9.55 Å². The summed E-state index contributed by atoms with van der Waals surface area (Å²) in [6.45, 7) is 1.65. The van der Waals surface area contributed by atoms with Gasteiger partial charge in [0.25, 0.3) is 0 Å². The number of alkyl halides is 3. The number of halogens is 3. The van der Waals surface area contributed by atoms with Crippen LogP contribution >= 0.6 is 0 Å². The molecule has 1 aromatic heterocycles. The summed E-state index contributed by atoms with van der Waals surface area (Å²) in [5, 5.41) is 12.3. The molecule has 0 saturated heterocycles. The number of hydrogen-bond donors (Lipinski definition) is 1. The maximum Gasteiger partial charge on any atom is 0.416 e. The fourth-order valence-corrected chi connectivity index (χ4v) is 2.64. The molecule has 2 heterocycles. The second kappa shape index (κ2) is 4.91. The van der Waals surface area contributed by atoms with Crippen molar-refractivity contribution in [2.75, 3.05) is 5.32 Å². The minimum atomic E-state index is -4.49. The number of aromatic nitrogens is 2. The fourth-order valence-electron chi connectivity index (χ4n) is 2.64. The molecule has 0 aliphatic carbocycles. The Balaban J connectivity index is 2.27. The first-order chi connectivity index (χ1) is 10.4. The second-order valence-corrected chi connectivity index (χ2v) is 4.92. The minimum absolute atomic E-state index is 0.0339. The molecule has 7 heteroatoms. The number of benzene rings is 1. The normalized spacial score (nSPS) is 17.7. The van der Waals surface area contributed by atoms with Crippen LogP contribution < -0.4 is 5.32 Å². The summed E-state index contributed by atoms with van der Waals surface area (Å²) in [6, 6.07) is 6.46. The molecule has 0 radical (unpaired) electrons. The van der Waals surface area contributed by atoms with E-state index >= 15 is 0 Å². The van der Waals surface area contributed by atoms with Crippen molar-refractivity contribution in [2.45, 2.75) is 19.1 Å². The summed E-state index contributed by atoms with van der Waals surface area (Å²) < 4.78 is 41.4. The zero-order valence-electron chi connectivity index (χ0n) is 11.5. The standard InChI is InChI=1S/C15H11F3N4/c1-9-11(8-19)13(22-7-6-20-14(22)21-9)10-4-2-3-5-12(10)15(16,17)18/h2-7,13H,1H3,(H,20,21). The first kappa shape index (κ1) is 14.2. The Morgan fingerprint density at radius 3 is 2.73 bits per heavy atom. The highest BCUT2D eigenvalue weighted by atomic mass is 19.4.